The van der Waals surface area contributed by atoms with E-state index >= 15 is 0 Å². The summed E-state index contributed by atoms with van der Waals surface area (Å²) >= 11 is 1.20. The molecule has 110 valence electrons. The smallest absolute Gasteiger partial charge is 0.283 e. The first kappa shape index (κ1) is 14.1. The number of hydrogen-bond donors (Lipinski definition) is 0. The first-order valence-corrected chi connectivity index (χ1v) is 7.50. The van der Waals surface area contributed by atoms with Crippen LogP contribution in [0, 0.1) is 10.1 Å². The number of allylic oxidation sites excluding steroid dienone is 1. The molecule has 1 aromatic rings. The molecule has 2 aliphatic heterocycles. The van der Waals surface area contributed by atoms with Gasteiger partial charge in [0.05, 0.1) is 27.9 Å². The van der Waals surface area contributed by atoms with Crippen molar-refractivity contribution in [3.05, 3.63) is 44.9 Å². The molecule has 0 unspecified atom stereocenters. The maximum absolute atomic E-state index is 12.5. The fraction of sp³-hybridized carbons (Fsp3) is 0.357. The Morgan fingerprint density at radius 3 is 2.81 bits per heavy atom. The number of ether oxygens (including phenoxy) is 1. The fourth-order valence-corrected chi connectivity index (χ4v) is 3.53. The Labute approximate surface area is 125 Å². The van der Waals surface area contributed by atoms with E-state index in [9.17, 15) is 14.9 Å². The first-order chi connectivity index (χ1) is 10.2. The summed E-state index contributed by atoms with van der Waals surface area (Å²) < 4.78 is 5.23. The van der Waals surface area contributed by atoms with E-state index in [2.05, 4.69) is 0 Å². The average Bonchev–Trinajstić information content (AvgIpc) is 2.53. The van der Waals surface area contributed by atoms with Crippen molar-refractivity contribution in [2.45, 2.75) is 11.3 Å². The standard InChI is InChI=1S/C14H14N2O4S/c17-14(15-6-8-20-9-7-15)12-5-4-10-2-1-3-11(16(18)19)13(10)21-12/h1-3,5H,4,6-9H2. The maximum Gasteiger partial charge on any atom is 0.283 e. The van der Waals surface area contributed by atoms with Crippen molar-refractivity contribution < 1.29 is 14.5 Å². The Balaban J connectivity index is 1.84. The summed E-state index contributed by atoms with van der Waals surface area (Å²) in [6.07, 6.45) is 2.41. The van der Waals surface area contributed by atoms with Crippen LogP contribution in [-0.4, -0.2) is 42.0 Å². The Morgan fingerprint density at radius 1 is 1.33 bits per heavy atom. The molecular weight excluding hydrogens is 292 g/mol. The highest BCUT2D eigenvalue weighted by molar-refractivity contribution is 8.04. The molecule has 1 aromatic carbocycles. The van der Waals surface area contributed by atoms with Gasteiger partial charge in [-0.3, -0.25) is 14.9 Å². The van der Waals surface area contributed by atoms with Gasteiger partial charge in [-0.05, 0) is 12.0 Å². The normalized spacial score (nSPS) is 17.9. The summed E-state index contributed by atoms with van der Waals surface area (Å²) in [5.74, 6) is -0.0629. The summed E-state index contributed by atoms with van der Waals surface area (Å²) in [5, 5.41) is 11.1. The van der Waals surface area contributed by atoms with Gasteiger partial charge in [-0.2, -0.15) is 0 Å². The third kappa shape index (κ3) is 2.79. The maximum atomic E-state index is 12.5. The summed E-state index contributed by atoms with van der Waals surface area (Å²) in [6.45, 7) is 2.22. The van der Waals surface area contributed by atoms with E-state index < -0.39 is 4.92 Å². The number of rotatable bonds is 2. The Kier molecular flexibility index (Phi) is 3.94. The Hall–Kier alpha value is -1.86. The number of carbonyl (C=O) groups is 1. The van der Waals surface area contributed by atoms with E-state index in [1.807, 2.05) is 12.1 Å². The number of carbonyl (C=O) groups excluding carboxylic acids is 1. The molecule has 0 saturated carbocycles. The van der Waals surface area contributed by atoms with Gasteiger partial charge in [0.2, 0.25) is 0 Å². The second-order valence-electron chi connectivity index (χ2n) is 4.80. The molecule has 0 aliphatic carbocycles. The molecule has 21 heavy (non-hydrogen) atoms. The zero-order valence-corrected chi connectivity index (χ0v) is 12.1. The second kappa shape index (κ2) is 5.87. The summed E-state index contributed by atoms with van der Waals surface area (Å²) in [5.41, 5.74) is 0.964. The molecule has 0 spiro atoms. The highest BCUT2D eigenvalue weighted by Crippen LogP contribution is 2.41. The number of hydrogen-bond acceptors (Lipinski definition) is 5. The second-order valence-corrected chi connectivity index (χ2v) is 5.85. The molecule has 1 fully saturated rings. The zero-order chi connectivity index (χ0) is 14.8. The SMILES string of the molecule is O=C(C1=CCc2cccc([N+](=O)[O-])c2S1)N1CCOCC1. The van der Waals surface area contributed by atoms with Crippen LogP contribution in [0.3, 0.4) is 0 Å². The third-order valence-electron chi connectivity index (χ3n) is 3.50. The first-order valence-electron chi connectivity index (χ1n) is 6.68. The largest absolute Gasteiger partial charge is 0.378 e. The van der Waals surface area contributed by atoms with E-state index in [1.165, 1.54) is 17.8 Å². The number of amides is 1. The number of thioether (sulfide) groups is 1. The van der Waals surface area contributed by atoms with Crippen LogP contribution in [-0.2, 0) is 16.0 Å². The van der Waals surface area contributed by atoms with Crippen molar-refractivity contribution in [3.8, 4) is 0 Å². The summed E-state index contributed by atoms with van der Waals surface area (Å²) in [6, 6.07) is 5.02. The van der Waals surface area contributed by atoms with Crippen LogP contribution < -0.4 is 0 Å². The molecule has 0 bridgehead atoms. The predicted molar refractivity (Wildman–Crippen MR) is 78.1 cm³/mol. The minimum absolute atomic E-state index is 0.0629. The lowest BCUT2D eigenvalue weighted by atomic mass is 10.1. The zero-order valence-electron chi connectivity index (χ0n) is 11.3. The number of nitrogens with zero attached hydrogens (tertiary/aromatic N) is 2. The van der Waals surface area contributed by atoms with Gasteiger partial charge in [-0.25, -0.2) is 0 Å². The predicted octanol–water partition coefficient (Wildman–Crippen LogP) is 1.99. The van der Waals surface area contributed by atoms with E-state index in [-0.39, 0.29) is 11.6 Å². The van der Waals surface area contributed by atoms with Crippen LogP contribution in [0.15, 0.2) is 34.1 Å². The topological polar surface area (TPSA) is 72.7 Å². The molecule has 1 saturated heterocycles. The van der Waals surface area contributed by atoms with Crippen LogP contribution in [0.4, 0.5) is 5.69 Å². The summed E-state index contributed by atoms with van der Waals surface area (Å²) in [7, 11) is 0. The van der Waals surface area contributed by atoms with Gasteiger partial charge in [0.15, 0.2) is 0 Å². The fourth-order valence-electron chi connectivity index (χ4n) is 2.40. The molecule has 0 atom stereocenters. The van der Waals surface area contributed by atoms with Gasteiger partial charge in [0.25, 0.3) is 11.6 Å². The van der Waals surface area contributed by atoms with Crippen LogP contribution in [0.1, 0.15) is 5.56 Å². The van der Waals surface area contributed by atoms with Crippen molar-refractivity contribution in [2.75, 3.05) is 26.3 Å². The van der Waals surface area contributed by atoms with Gasteiger partial charge in [0, 0.05) is 19.2 Å². The lowest BCUT2D eigenvalue weighted by molar-refractivity contribution is -0.387. The molecule has 3 rings (SSSR count). The molecule has 6 nitrogen and oxygen atoms in total. The average molecular weight is 306 g/mol. The van der Waals surface area contributed by atoms with Gasteiger partial charge in [0.1, 0.15) is 0 Å². The number of fused-ring (bicyclic) bond motifs is 1. The molecular formula is C14H14N2O4S. The molecule has 7 heteroatoms. The van der Waals surface area contributed by atoms with Gasteiger partial charge < -0.3 is 9.64 Å². The molecule has 0 aromatic heterocycles. The lowest BCUT2D eigenvalue weighted by Crippen LogP contribution is -2.41. The van der Waals surface area contributed by atoms with E-state index in [0.717, 1.165) is 5.56 Å². The number of morpholine rings is 1. The number of nitro groups is 1. The van der Waals surface area contributed by atoms with E-state index in [0.29, 0.717) is 42.5 Å². The van der Waals surface area contributed by atoms with Crippen LogP contribution in [0.5, 0.6) is 0 Å². The molecule has 2 heterocycles. The number of benzene rings is 1. The van der Waals surface area contributed by atoms with Crippen LogP contribution >= 0.6 is 11.8 Å². The molecule has 0 N–H and O–H groups in total. The minimum Gasteiger partial charge on any atom is -0.378 e. The highest BCUT2D eigenvalue weighted by Gasteiger charge is 2.28. The van der Waals surface area contributed by atoms with Crippen molar-refractivity contribution in [1.29, 1.82) is 0 Å². The van der Waals surface area contributed by atoms with Crippen LogP contribution in [0.25, 0.3) is 0 Å². The lowest BCUT2D eigenvalue weighted by Gasteiger charge is -2.28. The van der Waals surface area contributed by atoms with Crippen molar-refractivity contribution in [2.24, 2.45) is 0 Å². The molecule has 0 radical (unpaired) electrons. The van der Waals surface area contributed by atoms with Crippen molar-refractivity contribution in [3.63, 3.8) is 0 Å². The van der Waals surface area contributed by atoms with E-state index in [1.54, 1.807) is 11.0 Å². The minimum atomic E-state index is -0.395. The molecule has 2 aliphatic rings. The van der Waals surface area contributed by atoms with Gasteiger partial charge >= 0.3 is 0 Å². The summed E-state index contributed by atoms with van der Waals surface area (Å²) in [4.78, 5) is 26.1. The Bertz CT molecular complexity index is 623. The van der Waals surface area contributed by atoms with E-state index in [4.69, 9.17) is 4.74 Å². The monoisotopic (exact) mass is 306 g/mol. The van der Waals surface area contributed by atoms with Gasteiger partial charge in [-0.15, -0.1) is 0 Å². The van der Waals surface area contributed by atoms with Gasteiger partial charge in [-0.1, -0.05) is 30.0 Å². The number of nitro benzene ring substituents is 1. The highest BCUT2D eigenvalue weighted by atomic mass is 32.2. The quantitative estimate of drug-likeness (QED) is 0.617. The van der Waals surface area contributed by atoms with Crippen molar-refractivity contribution in [1.82, 2.24) is 4.90 Å². The Morgan fingerprint density at radius 2 is 2.10 bits per heavy atom. The molecule has 1 amide bonds. The van der Waals surface area contributed by atoms with Crippen LogP contribution in [0.2, 0.25) is 0 Å². The third-order valence-corrected chi connectivity index (χ3v) is 4.74. The van der Waals surface area contributed by atoms with Crippen molar-refractivity contribution >= 4 is 23.4 Å².